The minimum Gasteiger partial charge on any atom is -0.356 e. The Hall–Kier alpha value is -2.36. The summed E-state index contributed by atoms with van der Waals surface area (Å²) >= 11 is 0. The van der Waals surface area contributed by atoms with Crippen LogP contribution in [0, 0.1) is 0 Å². The van der Waals surface area contributed by atoms with Crippen molar-refractivity contribution >= 4 is 16.9 Å². The molecule has 0 saturated carbocycles. The lowest BCUT2D eigenvalue weighted by atomic mass is 10.1. The van der Waals surface area contributed by atoms with Crippen LogP contribution in [0.2, 0.25) is 0 Å². The number of nitrogens with one attached hydrogen (secondary N) is 1. The Bertz CT molecular complexity index is 658. The maximum absolute atomic E-state index is 4.51. The van der Waals surface area contributed by atoms with Gasteiger partial charge in [0.15, 0.2) is 5.96 Å². The summed E-state index contributed by atoms with van der Waals surface area (Å²) in [6.45, 7) is 5.58. The lowest BCUT2D eigenvalue weighted by molar-refractivity contribution is 0.470. The Morgan fingerprint density at radius 2 is 2.17 bits per heavy atom. The number of allylic oxidation sites excluding steroid dienone is 1. The van der Waals surface area contributed by atoms with E-state index < -0.39 is 0 Å². The summed E-state index contributed by atoms with van der Waals surface area (Å²) < 4.78 is 0. The van der Waals surface area contributed by atoms with E-state index in [0.717, 1.165) is 43.8 Å². The van der Waals surface area contributed by atoms with Gasteiger partial charge in [-0.15, -0.1) is 6.58 Å². The van der Waals surface area contributed by atoms with E-state index in [0.29, 0.717) is 0 Å². The Morgan fingerprint density at radius 1 is 1.35 bits per heavy atom. The molecule has 2 rings (SSSR count). The summed E-state index contributed by atoms with van der Waals surface area (Å²) in [5.74, 6) is 0.933. The maximum atomic E-state index is 4.51. The molecule has 4 nitrogen and oxygen atoms in total. The highest BCUT2D eigenvalue weighted by atomic mass is 15.3. The Balaban J connectivity index is 1.91. The van der Waals surface area contributed by atoms with E-state index in [1.807, 2.05) is 25.4 Å². The van der Waals surface area contributed by atoms with Gasteiger partial charge in [-0.3, -0.25) is 9.98 Å². The van der Waals surface area contributed by atoms with E-state index in [4.69, 9.17) is 0 Å². The first-order valence-electron chi connectivity index (χ1n) is 8.11. The van der Waals surface area contributed by atoms with E-state index in [-0.39, 0.29) is 0 Å². The maximum Gasteiger partial charge on any atom is 0.193 e. The molecule has 0 amide bonds. The monoisotopic (exact) mass is 310 g/mol. The Morgan fingerprint density at radius 3 is 2.96 bits per heavy atom. The van der Waals surface area contributed by atoms with Gasteiger partial charge in [0.05, 0.1) is 5.52 Å². The number of hydrogen-bond donors (Lipinski definition) is 1. The molecular weight excluding hydrogens is 284 g/mol. The number of pyridine rings is 1. The zero-order chi connectivity index (χ0) is 16.5. The number of hydrogen-bond acceptors (Lipinski definition) is 2. The fraction of sp³-hybridized carbons (Fsp3) is 0.368. The first-order chi connectivity index (χ1) is 11.3. The number of para-hydroxylation sites is 1. The molecule has 4 heteroatoms. The van der Waals surface area contributed by atoms with Gasteiger partial charge >= 0.3 is 0 Å². The molecule has 0 atom stereocenters. The van der Waals surface area contributed by atoms with Crippen LogP contribution in [0.5, 0.6) is 0 Å². The molecule has 0 aliphatic rings. The van der Waals surface area contributed by atoms with Gasteiger partial charge in [-0.2, -0.15) is 0 Å². The summed E-state index contributed by atoms with van der Waals surface area (Å²) in [7, 11) is 3.89. The van der Waals surface area contributed by atoms with Crippen molar-refractivity contribution in [3.8, 4) is 0 Å². The second-order valence-corrected chi connectivity index (χ2v) is 5.57. The highest BCUT2D eigenvalue weighted by molar-refractivity contribution is 5.82. The number of unbranched alkanes of at least 4 members (excludes halogenated alkanes) is 1. The smallest absolute Gasteiger partial charge is 0.193 e. The van der Waals surface area contributed by atoms with Gasteiger partial charge in [0.1, 0.15) is 0 Å². The van der Waals surface area contributed by atoms with Crippen LogP contribution >= 0.6 is 0 Å². The summed E-state index contributed by atoms with van der Waals surface area (Å²) in [5.41, 5.74) is 2.35. The Labute approximate surface area is 138 Å². The number of guanidine groups is 1. The average molecular weight is 310 g/mol. The van der Waals surface area contributed by atoms with Crippen LogP contribution < -0.4 is 5.32 Å². The van der Waals surface area contributed by atoms with Crippen molar-refractivity contribution in [2.75, 3.05) is 27.2 Å². The van der Waals surface area contributed by atoms with Gasteiger partial charge in [0.2, 0.25) is 0 Å². The predicted octanol–water partition coefficient (Wildman–Crippen LogP) is 3.25. The van der Waals surface area contributed by atoms with Gasteiger partial charge in [-0.25, -0.2) is 0 Å². The molecular formula is C19H26N4. The standard InChI is InChI=1S/C19H26N4/c1-4-5-6-15-23(3)19(20-2)22-14-12-17-10-7-9-16-11-8-13-21-18(16)17/h4,7-11,13H,1,5-6,12,14-15H2,2-3H3,(H,20,22). The molecule has 0 bridgehead atoms. The molecule has 0 spiro atoms. The predicted molar refractivity (Wildman–Crippen MR) is 98.9 cm³/mol. The third kappa shape index (κ3) is 4.81. The molecule has 122 valence electrons. The molecule has 23 heavy (non-hydrogen) atoms. The largest absolute Gasteiger partial charge is 0.356 e. The van der Waals surface area contributed by atoms with Crippen LogP contribution in [0.25, 0.3) is 10.9 Å². The molecule has 0 aliphatic heterocycles. The number of benzene rings is 1. The van der Waals surface area contributed by atoms with E-state index in [1.165, 1.54) is 10.9 Å². The first kappa shape index (κ1) is 17.0. The zero-order valence-electron chi connectivity index (χ0n) is 14.1. The molecule has 1 heterocycles. The highest BCUT2D eigenvalue weighted by Gasteiger charge is 2.06. The van der Waals surface area contributed by atoms with Crippen molar-refractivity contribution in [1.29, 1.82) is 0 Å². The van der Waals surface area contributed by atoms with Crippen molar-refractivity contribution in [2.24, 2.45) is 4.99 Å². The molecule has 0 radical (unpaired) electrons. The van der Waals surface area contributed by atoms with Crippen LogP contribution in [0.3, 0.4) is 0 Å². The quantitative estimate of drug-likeness (QED) is 0.369. The lowest BCUT2D eigenvalue weighted by Crippen LogP contribution is -2.40. The number of aliphatic imine (C=N–C) groups is 1. The van der Waals surface area contributed by atoms with Crippen LogP contribution in [0.4, 0.5) is 0 Å². The van der Waals surface area contributed by atoms with Crippen molar-refractivity contribution in [1.82, 2.24) is 15.2 Å². The van der Waals surface area contributed by atoms with Crippen molar-refractivity contribution in [3.63, 3.8) is 0 Å². The van der Waals surface area contributed by atoms with Crippen LogP contribution in [0.15, 0.2) is 54.2 Å². The summed E-state index contributed by atoms with van der Waals surface area (Å²) in [4.78, 5) is 11.0. The third-order valence-electron chi connectivity index (χ3n) is 3.87. The summed E-state index contributed by atoms with van der Waals surface area (Å²) in [5, 5.41) is 4.62. The summed E-state index contributed by atoms with van der Waals surface area (Å²) in [6, 6.07) is 10.4. The highest BCUT2D eigenvalue weighted by Crippen LogP contribution is 2.15. The number of aromatic nitrogens is 1. The second kappa shape index (κ2) is 8.93. The SMILES string of the molecule is C=CCCCN(C)C(=NC)NCCc1cccc2cccnc12. The minimum atomic E-state index is 0.841. The van der Waals surface area contributed by atoms with Crippen LogP contribution in [-0.2, 0) is 6.42 Å². The zero-order valence-corrected chi connectivity index (χ0v) is 14.1. The van der Waals surface area contributed by atoms with Crippen molar-refractivity contribution in [2.45, 2.75) is 19.3 Å². The molecule has 1 aromatic carbocycles. The second-order valence-electron chi connectivity index (χ2n) is 5.57. The molecule has 0 fully saturated rings. The van der Waals surface area contributed by atoms with E-state index >= 15 is 0 Å². The minimum absolute atomic E-state index is 0.841. The number of fused-ring (bicyclic) bond motifs is 1. The molecule has 0 saturated heterocycles. The van der Waals surface area contributed by atoms with Gasteiger partial charge in [0, 0.05) is 38.8 Å². The van der Waals surface area contributed by atoms with Gasteiger partial charge in [0.25, 0.3) is 0 Å². The van der Waals surface area contributed by atoms with E-state index in [1.54, 1.807) is 0 Å². The lowest BCUT2D eigenvalue weighted by Gasteiger charge is -2.22. The first-order valence-corrected chi connectivity index (χ1v) is 8.11. The van der Waals surface area contributed by atoms with Gasteiger partial charge < -0.3 is 10.2 Å². The number of rotatable bonds is 7. The normalized spacial score (nSPS) is 11.5. The average Bonchev–Trinajstić information content (AvgIpc) is 2.59. The topological polar surface area (TPSA) is 40.5 Å². The molecule has 0 unspecified atom stereocenters. The van der Waals surface area contributed by atoms with Crippen LogP contribution in [0.1, 0.15) is 18.4 Å². The fourth-order valence-electron chi connectivity index (χ4n) is 2.64. The van der Waals surface area contributed by atoms with Crippen LogP contribution in [-0.4, -0.2) is 43.0 Å². The van der Waals surface area contributed by atoms with E-state index in [2.05, 4.69) is 58.1 Å². The molecule has 1 aromatic heterocycles. The summed E-state index contributed by atoms with van der Waals surface area (Å²) in [6.07, 6.45) is 6.86. The van der Waals surface area contributed by atoms with Crippen molar-refractivity contribution in [3.05, 3.63) is 54.7 Å². The van der Waals surface area contributed by atoms with Crippen molar-refractivity contribution < 1.29 is 0 Å². The third-order valence-corrected chi connectivity index (χ3v) is 3.87. The molecule has 0 aliphatic carbocycles. The molecule has 1 N–H and O–H groups in total. The van der Waals surface area contributed by atoms with Gasteiger partial charge in [-0.05, 0) is 30.9 Å². The van der Waals surface area contributed by atoms with Gasteiger partial charge in [-0.1, -0.05) is 30.3 Å². The molecule has 2 aromatic rings. The Kier molecular flexibility index (Phi) is 6.60. The fourth-order valence-corrected chi connectivity index (χ4v) is 2.64. The van der Waals surface area contributed by atoms with E-state index in [9.17, 15) is 0 Å². The number of nitrogens with zero attached hydrogens (tertiary/aromatic N) is 3.